The van der Waals surface area contributed by atoms with Gasteiger partial charge in [0, 0.05) is 12.2 Å². The van der Waals surface area contributed by atoms with Crippen LogP contribution in [0.4, 0.5) is 0 Å². The Morgan fingerprint density at radius 1 is 1.39 bits per heavy atom. The van der Waals surface area contributed by atoms with Crippen molar-refractivity contribution < 1.29 is 4.79 Å². The van der Waals surface area contributed by atoms with Crippen molar-refractivity contribution in [3.8, 4) is 0 Å². The third kappa shape index (κ3) is 3.31. The van der Waals surface area contributed by atoms with Gasteiger partial charge in [0.15, 0.2) is 0 Å². The van der Waals surface area contributed by atoms with Crippen LogP contribution in [-0.4, -0.2) is 16.9 Å². The fourth-order valence-electron chi connectivity index (χ4n) is 2.64. The van der Waals surface area contributed by atoms with E-state index in [0.717, 1.165) is 16.9 Å². The summed E-state index contributed by atoms with van der Waals surface area (Å²) in [6.07, 6.45) is 5.09. The molecule has 0 bridgehead atoms. The molecule has 2 rings (SSSR count). The standard InChI is InChI=1S/C14H19BrN2O/c1-9-3-5-12(10(2)7-9)17-14(18)11-4-6-13(15)16-8-11/h4,6,8-10,12H,3,5,7H2,1-2H3,(H,17,18). The van der Waals surface area contributed by atoms with Crippen LogP contribution in [0.25, 0.3) is 0 Å². The van der Waals surface area contributed by atoms with E-state index in [4.69, 9.17) is 0 Å². The van der Waals surface area contributed by atoms with Crippen molar-refractivity contribution in [1.29, 1.82) is 0 Å². The van der Waals surface area contributed by atoms with Crippen molar-refractivity contribution in [2.75, 3.05) is 0 Å². The zero-order valence-corrected chi connectivity index (χ0v) is 12.4. The Kier molecular flexibility index (Phi) is 4.38. The van der Waals surface area contributed by atoms with Gasteiger partial charge in [-0.2, -0.15) is 0 Å². The minimum Gasteiger partial charge on any atom is -0.349 e. The smallest absolute Gasteiger partial charge is 0.253 e. The highest BCUT2D eigenvalue weighted by Gasteiger charge is 2.26. The van der Waals surface area contributed by atoms with Crippen molar-refractivity contribution in [1.82, 2.24) is 10.3 Å². The van der Waals surface area contributed by atoms with Gasteiger partial charge in [-0.25, -0.2) is 4.98 Å². The van der Waals surface area contributed by atoms with Gasteiger partial charge in [-0.1, -0.05) is 13.8 Å². The minimum atomic E-state index is -0.0126. The maximum absolute atomic E-state index is 12.1. The van der Waals surface area contributed by atoms with Crippen molar-refractivity contribution in [3.63, 3.8) is 0 Å². The number of nitrogens with zero attached hydrogens (tertiary/aromatic N) is 1. The molecule has 98 valence electrons. The van der Waals surface area contributed by atoms with Gasteiger partial charge in [0.2, 0.25) is 0 Å². The number of carbonyl (C=O) groups excluding carboxylic acids is 1. The van der Waals surface area contributed by atoms with Crippen LogP contribution < -0.4 is 5.32 Å². The van der Waals surface area contributed by atoms with Gasteiger partial charge < -0.3 is 5.32 Å². The van der Waals surface area contributed by atoms with E-state index in [-0.39, 0.29) is 5.91 Å². The SMILES string of the molecule is CC1CCC(NC(=O)c2ccc(Br)nc2)C(C)C1. The molecule has 1 aromatic heterocycles. The molecule has 3 nitrogen and oxygen atoms in total. The van der Waals surface area contributed by atoms with Crippen LogP contribution in [-0.2, 0) is 0 Å². The normalized spacial score (nSPS) is 27.8. The molecule has 0 aliphatic heterocycles. The van der Waals surface area contributed by atoms with Crippen LogP contribution in [0.3, 0.4) is 0 Å². The number of hydrogen-bond acceptors (Lipinski definition) is 2. The second kappa shape index (κ2) is 5.83. The fraction of sp³-hybridized carbons (Fsp3) is 0.571. The van der Waals surface area contributed by atoms with Gasteiger partial charge in [-0.3, -0.25) is 4.79 Å². The van der Waals surface area contributed by atoms with Gasteiger partial charge in [0.1, 0.15) is 4.60 Å². The lowest BCUT2D eigenvalue weighted by Crippen LogP contribution is -2.42. The number of halogens is 1. The van der Waals surface area contributed by atoms with Crippen molar-refractivity contribution >= 4 is 21.8 Å². The fourth-order valence-corrected chi connectivity index (χ4v) is 2.88. The number of pyridine rings is 1. The molecule has 1 N–H and O–H groups in total. The Morgan fingerprint density at radius 2 is 2.17 bits per heavy atom. The summed E-state index contributed by atoms with van der Waals surface area (Å²) in [6, 6.07) is 3.89. The third-order valence-electron chi connectivity index (χ3n) is 3.74. The lowest BCUT2D eigenvalue weighted by Gasteiger charge is -2.33. The van der Waals surface area contributed by atoms with E-state index in [1.54, 1.807) is 18.3 Å². The van der Waals surface area contributed by atoms with Gasteiger partial charge in [-0.15, -0.1) is 0 Å². The first kappa shape index (κ1) is 13.5. The molecule has 0 saturated heterocycles. The highest BCUT2D eigenvalue weighted by molar-refractivity contribution is 9.10. The van der Waals surface area contributed by atoms with Crippen molar-refractivity contribution in [2.24, 2.45) is 11.8 Å². The van der Waals surface area contributed by atoms with Gasteiger partial charge >= 0.3 is 0 Å². The summed E-state index contributed by atoms with van der Waals surface area (Å²) in [5.74, 6) is 1.32. The summed E-state index contributed by atoms with van der Waals surface area (Å²) in [4.78, 5) is 16.2. The first-order chi connectivity index (χ1) is 8.56. The van der Waals surface area contributed by atoms with Crippen molar-refractivity contribution in [2.45, 2.75) is 39.2 Å². The highest BCUT2D eigenvalue weighted by atomic mass is 79.9. The van der Waals surface area contributed by atoms with Crippen LogP contribution in [0.2, 0.25) is 0 Å². The summed E-state index contributed by atoms with van der Waals surface area (Å²) in [5.41, 5.74) is 0.629. The van der Waals surface area contributed by atoms with Gasteiger partial charge in [0.25, 0.3) is 5.91 Å². The average molecular weight is 311 g/mol. The maximum Gasteiger partial charge on any atom is 0.253 e. The number of rotatable bonds is 2. The molecule has 1 aliphatic carbocycles. The van der Waals surface area contributed by atoms with Crippen LogP contribution in [0.1, 0.15) is 43.5 Å². The molecule has 3 atom stereocenters. The molecule has 3 unspecified atom stereocenters. The highest BCUT2D eigenvalue weighted by Crippen LogP contribution is 2.28. The third-order valence-corrected chi connectivity index (χ3v) is 4.21. The predicted molar refractivity (Wildman–Crippen MR) is 75.4 cm³/mol. The lowest BCUT2D eigenvalue weighted by atomic mass is 9.80. The molecular formula is C14H19BrN2O. The molecule has 1 amide bonds. The summed E-state index contributed by atoms with van der Waals surface area (Å²) < 4.78 is 0.749. The summed E-state index contributed by atoms with van der Waals surface area (Å²) in [6.45, 7) is 4.51. The molecule has 1 aliphatic rings. The van der Waals surface area contributed by atoms with E-state index in [2.05, 4.69) is 40.1 Å². The van der Waals surface area contributed by atoms with Crippen LogP contribution in [0.15, 0.2) is 22.9 Å². The van der Waals surface area contributed by atoms with Gasteiger partial charge in [-0.05, 0) is 59.2 Å². The predicted octanol–water partition coefficient (Wildman–Crippen LogP) is 3.40. The number of amides is 1. The number of nitrogens with one attached hydrogen (secondary N) is 1. The van der Waals surface area contributed by atoms with E-state index in [9.17, 15) is 4.79 Å². The molecule has 1 fully saturated rings. The quantitative estimate of drug-likeness (QED) is 0.851. The monoisotopic (exact) mass is 310 g/mol. The van der Waals surface area contributed by atoms with Crippen molar-refractivity contribution in [3.05, 3.63) is 28.5 Å². The molecule has 1 aromatic rings. The summed E-state index contributed by atoms with van der Waals surface area (Å²) in [5, 5.41) is 3.13. The van der Waals surface area contributed by atoms with Crippen LogP contribution in [0.5, 0.6) is 0 Å². The van der Waals surface area contributed by atoms with E-state index in [1.807, 2.05) is 0 Å². The summed E-state index contributed by atoms with van der Waals surface area (Å²) >= 11 is 3.27. The lowest BCUT2D eigenvalue weighted by molar-refractivity contribution is 0.0899. The topological polar surface area (TPSA) is 42.0 Å². The molecular weight excluding hydrogens is 292 g/mol. The maximum atomic E-state index is 12.1. The van der Waals surface area contributed by atoms with Gasteiger partial charge in [0.05, 0.1) is 5.56 Å². The molecule has 4 heteroatoms. The molecule has 0 aromatic carbocycles. The summed E-state index contributed by atoms with van der Waals surface area (Å²) in [7, 11) is 0. The second-order valence-corrected chi connectivity index (χ2v) is 6.16. The van der Waals surface area contributed by atoms with E-state index in [1.165, 1.54) is 12.8 Å². The minimum absolute atomic E-state index is 0.0126. The number of aromatic nitrogens is 1. The van der Waals surface area contributed by atoms with E-state index < -0.39 is 0 Å². The second-order valence-electron chi connectivity index (χ2n) is 5.35. The molecule has 0 radical (unpaired) electrons. The largest absolute Gasteiger partial charge is 0.349 e. The Balaban J connectivity index is 1.97. The molecule has 1 heterocycles. The first-order valence-corrected chi connectivity index (χ1v) is 7.28. The Bertz CT molecular complexity index is 418. The Labute approximate surface area is 117 Å². The first-order valence-electron chi connectivity index (χ1n) is 6.48. The zero-order chi connectivity index (χ0) is 13.1. The number of carbonyl (C=O) groups is 1. The zero-order valence-electron chi connectivity index (χ0n) is 10.8. The number of hydrogen-bond donors (Lipinski definition) is 1. The van der Waals surface area contributed by atoms with Crippen LogP contribution >= 0.6 is 15.9 Å². The Hall–Kier alpha value is -0.900. The molecule has 1 saturated carbocycles. The Morgan fingerprint density at radius 3 is 2.78 bits per heavy atom. The van der Waals surface area contributed by atoms with E-state index in [0.29, 0.717) is 17.5 Å². The molecule has 18 heavy (non-hydrogen) atoms. The average Bonchev–Trinajstić information content (AvgIpc) is 2.33. The van der Waals surface area contributed by atoms with E-state index >= 15 is 0 Å². The molecule has 0 spiro atoms. The van der Waals surface area contributed by atoms with Crippen LogP contribution in [0, 0.1) is 11.8 Å².